The van der Waals surface area contributed by atoms with E-state index in [-0.39, 0.29) is 12.3 Å². The van der Waals surface area contributed by atoms with Crippen LogP contribution in [0.1, 0.15) is 11.1 Å². The molecule has 6 heteroatoms. The molecule has 0 heterocycles. The van der Waals surface area contributed by atoms with Gasteiger partial charge in [-0.25, -0.2) is 9.59 Å². The fraction of sp³-hybridized carbons (Fsp3) is 0.111. The molecule has 0 fully saturated rings. The van der Waals surface area contributed by atoms with Crippen LogP contribution in [0.4, 0.5) is 4.79 Å². The molecule has 2 rings (SSSR count). The van der Waals surface area contributed by atoms with Crippen LogP contribution in [0.2, 0.25) is 5.02 Å². The number of alkyl carbamates (subject to hydrolysis) is 1. The van der Waals surface area contributed by atoms with Crippen LogP contribution in [0.25, 0.3) is 6.08 Å². The van der Waals surface area contributed by atoms with E-state index in [4.69, 9.17) is 16.3 Å². The van der Waals surface area contributed by atoms with Crippen LogP contribution in [0.3, 0.4) is 0 Å². The third kappa shape index (κ3) is 5.44. The highest BCUT2D eigenvalue weighted by Gasteiger charge is 2.14. The first kappa shape index (κ1) is 17.6. The fourth-order valence-corrected chi connectivity index (χ4v) is 2.09. The maximum absolute atomic E-state index is 11.9. The highest BCUT2D eigenvalue weighted by Crippen LogP contribution is 2.13. The molecule has 1 N–H and O–H groups in total. The minimum atomic E-state index is -0.752. The largest absolute Gasteiger partial charge is 0.464 e. The molecule has 0 aliphatic carbocycles. The summed E-state index contributed by atoms with van der Waals surface area (Å²) in [6.07, 6.45) is 0.708. The molecule has 1 amide bonds. The summed E-state index contributed by atoms with van der Waals surface area (Å²) in [5, 5.41) is 2.90. The van der Waals surface area contributed by atoms with E-state index in [0.717, 1.165) is 5.56 Å². The van der Waals surface area contributed by atoms with Gasteiger partial charge in [-0.2, -0.15) is 0 Å². The van der Waals surface area contributed by atoms with Crippen LogP contribution in [0, 0.1) is 0 Å². The summed E-state index contributed by atoms with van der Waals surface area (Å²) in [6.45, 7) is 0.0955. The van der Waals surface area contributed by atoms with Crippen LogP contribution in [0.15, 0.2) is 60.3 Å². The van der Waals surface area contributed by atoms with Crippen molar-refractivity contribution in [2.75, 3.05) is 7.11 Å². The molecule has 24 heavy (non-hydrogen) atoms. The van der Waals surface area contributed by atoms with E-state index in [9.17, 15) is 9.59 Å². The van der Waals surface area contributed by atoms with Gasteiger partial charge in [0, 0.05) is 5.02 Å². The van der Waals surface area contributed by atoms with Gasteiger partial charge in [0.2, 0.25) is 0 Å². The monoisotopic (exact) mass is 345 g/mol. The normalized spacial score (nSPS) is 10.8. The SMILES string of the molecule is COC(=O)/C(=C/c1cccc(Cl)c1)NC(=O)OCc1ccccc1. The lowest BCUT2D eigenvalue weighted by Crippen LogP contribution is -2.28. The highest BCUT2D eigenvalue weighted by molar-refractivity contribution is 6.30. The van der Waals surface area contributed by atoms with Gasteiger partial charge in [-0.05, 0) is 29.3 Å². The number of hydrogen-bond donors (Lipinski definition) is 1. The summed E-state index contributed by atoms with van der Waals surface area (Å²) in [5.74, 6) is -0.688. The Morgan fingerprint density at radius 3 is 2.54 bits per heavy atom. The van der Waals surface area contributed by atoms with E-state index >= 15 is 0 Å². The van der Waals surface area contributed by atoms with Gasteiger partial charge in [0.05, 0.1) is 7.11 Å². The minimum Gasteiger partial charge on any atom is -0.464 e. The Morgan fingerprint density at radius 1 is 1.12 bits per heavy atom. The average molecular weight is 346 g/mol. The van der Waals surface area contributed by atoms with Gasteiger partial charge >= 0.3 is 12.1 Å². The molecule has 0 aromatic heterocycles. The lowest BCUT2D eigenvalue weighted by Gasteiger charge is -2.09. The number of ether oxygens (including phenoxy) is 2. The summed E-state index contributed by atoms with van der Waals surface area (Å²) in [7, 11) is 1.23. The molecule has 0 saturated carbocycles. The van der Waals surface area contributed by atoms with E-state index in [1.54, 1.807) is 24.3 Å². The van der Waals surface area contributed by atoms with Crippen LogP contribution in [-0.4, -0.2) is 19.2 Å². The summed E-state index contributed by atoms with van der Waals surface area (Å²) in [6, 6.07) is 16.0. The lowest BCUT2D eigenvalue weighted by atomic mass is 10.2. The zero-order valence-electron chi connectivity index (χ0n) is 13.0. The summed E-state index contributed by atoms with van der Waals surface area (Å²) in [5.41, 5.74) is 1.44. The quantitative estimate of drug-likeness (QED) is 0.661. The second-order valence-electron chi connectivity index (χ2n) is 4.79. The van der Waals surface area contributed by atoms with Crippen molar-refractivity contribution >= 4 is 29.7 Å². The maximum Gasteiger partial charge on any atom is 0.412 e. The Bertz CT molecular complexity index is 744. The van der Waals surface area contributed by atoms with Crippen LogP contribution in [0.5, 0.6) is 0 Å². The van der Waals surface area contributed by atoms with E-state index in [1.165, 1.54) is 13.2 Å². The Balaban J connectivity index is 2.05. The van der Waals surface area contributed by atoms with E-state index in [2.05, 4.69) is 10.1 Å². The molecule has 0 unspecified atom stereocenters. The smallest absolute Gasteiger partial charge is 0.412 e. The van der Waals surface area contributed by atoms with Crippen molar-refractivity contribution in [2.24, 2.45) is 0 Å². The lowest BCUT2D eigenvalue weighted by molar-refractivity contribution is -0.136. The molecule has 124 valence electrons. The molecule has 0 aliphatic heterocycles. The Kier molecular flexibility index (Phi) is 6.40. The number of methoxy groups -OCH3 is 1. The third-order valence-electron chi connectivity index (χ3n) is 3.01. The first-order valence-electron chi connectivity index (χ1n) is 7.12. The molecule has 2 aromatic rings. The number of carbonyl (C=O) groups excluding carboxylic acids is 2. The second kappa shape index (κ2) is 8.74. The van der Waals surface area contributed by atoms with Gasteiger partial charge in [-0.3, -0.25) is 5.32 Å². The van der Waals surface area contributed by atoms with Gasteiger partial charge in [0.1, 0.15) is 12.3 Å². The van der Waals surface area contributed by atoms with E-state index in [0.29, 0.717) is 10.6 Å². The summed E-state index contributed by atoms with van der Waals surface area (Å²) < 4.78 is 9.76. The first-order chi connectivity index (χ1) is 11.6. The summed E-state index contributed by atoms with van der Waals surface area (Å²) >= 11 is 5.91. The molecule has 0 spiro atoms. The van der Waals surface area contributed by atoms with Crippen LogP contribution in [-0.2, 0) is 20.9 Å². The molecule has 2 aromatic carbocycles. The zero-order chi connectivity index (χ0) is 17.4. The number of benzene rings is 2. The fourth-order valence-electron chi connectivity index (χ4n) is 1.89. The number of amides is 1. The van der Waals surface area contributed by atoms with Crippen molar-refractivity contribution < 1.29 is 19.1 Å². The number of carbonyl (C=O) groups is 2. The number of esters is 1. The predicted molar refractivity (Wildman–Crippen MR) is 91.2 cm³/mol. The second-order valence-corrected chi connectivity index (χ2v) is 5.23. The molecular weight excluding hydrogens is 330 g/mol. The number of halogens is 1. The highest BCUT2D eigenvalue weighted by atomic mass is 35.5. The van der Waals surface area contributed by atoms with E-state index in [1.807, 2.05) is 30.3 Å². The zero-order valence-corrected chi connectivity index (χ0v) is 13.7. The van der Waals surface area contributed by atoms with Gasteiger partial charge < -0.3 is 9.47 Å². The topological polar surface area (TPSA) is 64.6 Å². The predicted octanol–water partition coefficient (Wildman–Crippen LogP) is 3.78. The minimum absolute atomic E-state index is 0.0437. The molecule has 0 atom stereocenters. The van der Waals surface area contributed by atoms with E-state index < -0.39 is 12.1 Å². The van der Waals surface area contributed by atoms with Crippen molar-refractivity contribution in [1.82, 2.24) is 5.32 Å². The Morgan fingerprint density at radius 2 is 1.88 bits per heavy atom. The molecule has 0 bridgehead atoms. The van der Waals surface area contributed by atoms with Crippen molar-refractivity contribution in [2.45, 2.75) is 6.61 Å². The van der Waals surface area contributed by atoms with Crippen molar-refractivity contribution in [3.8, 4) is 0 Å². The van der Waals surface area contributed by atoms with Gasteiger partial charge in [0.25, 0.3) is 0 Å². The third-order valence-corrected chi connectivity index (χ3v) is 3.25. The summed E-state index contributed by atoms with van der Waals surface area (Å²) in [4.78, 5) is 23.7. The standard InChI is InChI=1S/C18H16ClNO4/c1-23-17(21)16(11-14-8-5-9-15(19)10-14)20-18(22)24-12-13-6-3-2-4-7-13/h2-11H,12H2,1H3,(H,20,22)/b16-11-. The molecule has 0 radical (unpaired) electrons. The van der Waals surface area contributed by atoms with Crippen LogP contribution >= 0.6 is 11.6 Å². The number of hydrogen-bond acceptors (Lipinski definition) is 4. The van der Waals surface area contributed by atoms with Gasteiger partial charge in [-0.1, -0.05) is 54.1 Å². The number of rotatable bonds is 5. The van der Waals surface area contributed by atoms with Crippen LogP contribution < -0.4 is 5.32 Å². The van der Waals surface area contributed by atoms with Gasteiger partial charge in [0.15, 0.2) is 0 Å². The van der Waals surface area contributed by atoms with Gasteiger partial charge in [-0.15, -0.1) is 0 Å². The Labute approximate surface area is 144 Å². The van der Waals surface area contributed by atoms with Crippen molar-refractivity contribution in [3.63, 3.8) is 0 Å². The van der Waals surface area contributed by atoms with Crippen molar-refractivity contribution in [3.05, 3.63) is 76.4 Å². The maximum atomic E-state index is 11.9. The molecule has 0 aliphatic rings. The average Bonchev–Trinajstić information content (AvgIpc) is 2.59. The Hall–Kier alpha value is -2.79. The molecular formula is C18H16ClNO4. The number of nitrogens with one attached hydrogen (secondary N) is 1. The first-order valence-corrected chi connectivity index (χ1v) is 7.49. The molecule has 0 saturated heterocycles. The van der Waals surface area contributed by atoms with Crippen molar-refractivity contribution in [1.29, 1.82) is 0 Å². The molecule has 5 nitrogen and oxygen atoms in total.